The summed E-state index contributed by atoms with van der Waals surface area (Å²) in [6.07, 6.45) is 1.21. The van der Waals surface area contributed by atoms with Crippen LogP contribution in [-0.4, -0.2) is 43.5 Å². The molecule has 0 amide bonds. The monoisotopic (exact) mass is 218 g/mol. The maximum absolute atomic E-state index is 2.56. The van der Waals surface area contributed by atoms with Crippen LogP contribution >= 0.6 is 0 Å². The smallest absolute Gasteiger partial charge is 0.0237 e. The second-order valence-corrected chi connectivity index (χ2v) is 5.10. The average Bonchev–Trinajstić information content (AvgIpc) is 2.25. The molecule has 2 rings (SSSR count). The first kappa shape index (κ1) is 11.6. The van der Waals surface area contributed by atoms with Crippen LogP contribution < -0.4 is 0 Å². The van der Waals surface area contributed by atoms with E-state index in [0.29, 0.717) is 0 Å². The summed E-state index contributed by atoms with van der Waals surface area (Å²) in [7, 11) is 4.28. The van der Waals surface area contributed by atoms with Gasteiger partial charge in [0.15, 0.2) is 0 Å². The molecule has 1 aromatic carbocycles. The Hall–Kier alpha value is -0.860. The molecule has 0 spiro atoms. The summed E-state index contributed by atoms with van der Waals surface area (Å²) in [5.41, 5.74) is 4.46. The van der Waals surface area contributed by atoms with E-state index in [0.717, 1.165) is 13.1 Å². The van der Waals surface area contributed by atoms with Crippen molar-refractivity contribution in [2.24, 2.45) is 0 Å². The molecule has 0 aromatic heterocycles. The lowest BCUT2D eigenvalue weighted by atomic mass is 9.98. The quantitative estimate of drug-likeness (QED) is 0.765. The predicted molar refractivity (Wildman–Crippen MR) is 68.7 cm³/mol. The fourth-order valence-electron chi connectivity index (χ4n) is 2.28. The molecule has 0 aliphatic carbocycles. The van der Waals surface area contributed by atoms with E-state index in [4.69, 9.17) is 0 Å². The van der Waals surface area contributed by atoms with E-state index in [1.165, 1.54) is 30.6 Å². The number of likely N-dealkylation sites (N-methyl/N-ethyl adjacent to an activating group) is 1. The van der Waals surface area contributed by atoms with E-state index < -0.39 is 0 Å². The third kappa shape index (κ3) is 2.83. The summed E-state index contributed by atoms with van der Waals surface area (Å²) in [6.45, 7) is 6.86. The van der Waals surface area contributed by atoms with E-state index >= 15 is 0 Å². The Balaban J connectivity index is 1.99. The normalized spacial score (nSPS) is 16.5. The molecule has 0 unspecified atom stereocenters. The molecular weight excluding hydrogens is 196 g/mol. The van der Waals surface area contributed by atoms with Crippen molar-refractivity contribution in [3.8, 4) is 0 Å². The fraction of sp³-hybridized carbons (Fsp3) is 0.571. The van der Waals surface area contributed by atoms with E-state index in [1.54, 1.807) is 5.56 Å². The molecular formula is C14H22N2. The van der Waals surface area contributed by atoms with Crippen molar-refractivity contribution < 1.29 is 0 Å². The molecule has 1 heterocycles. The van der Waals surface area contributed by atoms with Crippen molar-refractivity contribution in [2.45, 2.75) is 19.9 Å². The topological polar surface area (TPSA) is 6.48 Å². The Morgan fingerprint density at radius 1 is 1.25 bits per heavy atom. The Morgan fingerprint density at radius 3 is 2.81 bits per heavy atom. The summed E-state index contributed by atoms with van der Waals surface area (Å²) >= 11 is 0. The van der Waals surface area contributed by atoms with Crippen molar-refractivity contribution in [3.05, 3.63) is 34.9 Å². The van der Waals surface area contributed by atoms with Gasteiger partial charge in [-0.2, -0.15) is 0 Å². The van der Waals surface area contributed by atoms with E-state index in [-0.39, 0.29) is 0 Å². The van der Waals surface area contributed by atoms with E-state index in [2.05, 4.69) is 49.0 Å². The summed E-state index contributed by atoms with van der Waals surface area (Å²) < 4.78 is 0. The van der Waals surface area contributed by atoms with Crippen molar-refractivity contribution in [2.75, 3.05) is 33.7 Å². The molecule has 1 aliphatic rings. The van der Waals surface area contributed by atoms with Crippen LogP contribution in [0.3, 0.4) is 0 Å². The summed E-state index contributed by atoms with van der Waals surface area (Å²) in [4.78, 5) is 4.81. The molecule has 1 aromatic rings. The first-order chi connectivity index (χ1) is 7.65. The Labute approximate surface area is 98.9 Å². The van der Waals surface area contributed by atoms with Crippen LogP contribution in [0, 0.1) is 6.92 Å². The zero-order chi connectivity index (χ0) is 11.5. The lowest BCUT2D eigenvalue weighted by Crippen LogP contribution is -2.35. The van der Waals surface area contributed by atoms with Crippen molar-refractivity contribution >= 4 is 0 Å². The SMILES string of the molecule is Cc1ccc2c(c1)CN(CCN(C)C)CC2. The highest BCUT2D eigenvalue weighted by atomic mass is 15.2. The van der Waals surface area contributed by atoms with Crippen LogP contribution in [0.25, 0.3) is 0 Å². The molecule has 88 valence electrons. The molecule has 0 atom stereocenters. The van der Waals surface area contributed by atoms with Gasteiger partial charge in [-0.1, -0.05) is 23.8 Å². The number of aryl methyl sites for hydroxylation is 1. The first-order valence-electron chi connectivity index (χ1n) is 6.10. The molecule has 2 nitrogen and oxygen atoms in total. The Bertz CT molecular complexity index is 358. The summed E-state index contributed by atoms with van der Waals surface area (Å²) in [6, 6.07) is 6.87. The fourth-order valence-corrected chi connectivity index (χ4v) is 2.28. The van der Waals surface area contributed by atoms with Gasteiger partial charge in [0.2, 0.25) is 0 Å². The molecule has 1 aliphatic heterocycles. The van der Waals surface area contributed by atoms with Crippen LogP contribution in [0.4, 0.5) is 0 Å². The molecule has 16 heavy (non-hydrogen) atoms. The molecule has 2 heteroatoms. The lowest BCUT2D eigenvalue weighted by molar-refractivity contribution is 0.225. The van der Waals surface area contributed by atoms with Crippen LogP contribution in [0.1, 0.15) is 16.7 Å². The predicted octanol–water partition coefficient (Wildman–Crippen LogP) is 1.91. The Kier molecular flexibility index (Phi) is 3.62. The van der Waals surface area contributed by atoms with Gasteiger partial charge in [-0.05, 0) is 38.6 Å². The largest absolute Gasteiger partial charge is 0.308 e. The standard InChI is InChI=1S/C14H22N2/c1-12-4-5-13-6-7-16(9-8-15(2)3)11-14(13)10-12/h4-5,10H,6-9,11H2,1-3H3. The zero-order valence-electron chi connectivity index (χ0n) is 10.7. The van der Waals surface area contributed by atoms with Gasteiger partial charge >= 0.3 is 0 Å². The van der Waals surface area contributed by atoms with Gasteiger partial charge in [-0.3, -0.25) is 4.90 Å². The van der Waals surface area contributed by atoms with Crippen LogP contribution in [0.5, 0.6) is 0 Å². The van der Waals surface area contributed by atoms with Crippen molar-refractivity contribution in [1.82, 2.24) is 9.80 Å². The third-order valence-electron chi connectivity index (χ3n) is 3.32. The van der Waals surface area contributed by atoms with Gasteiger partial charge < -0.3 is 4.90 Å². The molecule has 0 bridgehead atoms. The van der Waals surface area contributed by atoms with Gasteiger partial charge in [0.1, 0.15) is 0 Å². The van der Waals surface area contributed by atoms with E-state index in [1.807, 2.05) is 0 Å². The lowest BCUT2D eigenvalue weighted by Gasteiger charge is -2.29. The highest BCUT2D eigenvalue weighted by Gasteiger charge is 2.15. The van der Waals surface area contributed by atoms with Crippen LogP contribution in [0.15, 0.2) is 18.2 Å². The van der Waals surface area contributed by atoms with Crippen molar-refractivity contribution in [1.29, 1.82) is 0 Å². The minimum atomic E-state index is 1.13. The van der Waals surface area contributed by atoms with E-state index in [9.17, 15) is 0 Å². The third-order valence-corrected chi connectivity index (χ3v) is 3.32. The molecule has 0 N–H and O–H groups in total. The second kappa shape index (κ2) is 4.98. The highest BCUT2D eigenvalue weighted by Crippen LogP contribution is 2.19. The van der Waals surface area contributed by atoms with Gasteiger partial charge in [0.05, 0.1) is 0 Å². The zero-order valence-corrected chi connectivity index (χ0v) is 10.7. The summed E-state index contributed by atoms with van der Waals surface area (Å²) in [5.74, 6) is 0. The number of hydrogen-bond donors (Lipinski definition) is 0. The maximum Gasteiger partial charge on any atom is 0.0237 e. The molecule has 0 fully saturated rings. The Morgan fingerprint density at radius 2 is 2.06 bits per heavy atom. The minimum absolute atomic E-state index is 1.13. The maximum atomic E-state index is 2.56. The summed E-state index contributed by atoms with van der Waals surface area (Å²) in [5, 5.41) is 0. The molecule has 0 saturated heterocycles. The van der Waals surface area contributed by atoms with Crippen LogP contribution in [0.2, 0.25) is 0 Å². The van der Waals surface area contributed by atoms with Gasteiger partial charge in [-0.15, -0.1) is 0 Å². The molecule has 0 radical (unpaired) electrons. The van der Waals surface area contributed by atoms with Crippen molar-refractivity contribution in [3.63, 3.8) is 0 Å². The van der Waals surface area contributed by atoms with Gasteiger partial charge in [0, 0.05) is 26.2 Å². The van der Waals surface area contributed by atoms with Gasteiger partial charge in [-0.25, -0.2) is 0 Å². The van der Waals surface area contributed by atoms with Gasteiger partial charge in [0.25, 0.3) is 0 Å². The number of benzene rings is 1. The number of rotatable bonds is 3. The minimum Gasteiger partial charge on any atom is -0.308 e. The first-order valence-corrected chi connectivity index (χ1v) is 6.10. The highest BCUT2D eigenvalue weighted by molar-refractivity contribution is 5.33. The second-order valence-electron chi connectivity index (χ2n) is 5.10. The number of nitrogens with zero attached hydrogens (tertiary/aromatic N) is 2. The number of fused-ring (bicyclic) bond motifs is 1. The van der Waals surface area contributed by atoms with Crippen LogP contribution in [-0.2, 0) is 13.0 Å². The average molecular weight is 218 g/mol. The number of hydrogen-bond acceptors (Lipinski definition) is 2. The molecule has 0 saturated carbocycles.